The number of nitrogens with one attached hydrogen (secondary N) is 1. The molecule has 6 nitrogen and oxygen atoms in total. The van der Waals surface area contributed by atoms with Crippen molar-refractivity contribution in [2.75, 3.05) is 0 Å². The number of hydrogen-bond donors (Lipinski definition) is 1. The highest BCUT2D eigenvalue weighted by atomic mass is 19.1. The molecule has 0 radical (unpaired) electrons. The predicted molar refractivity (Wildman–Crippen MR) is 80.4 cm³/mol. The monoisotopic (exact) mass is 305 g/mol. The zero-order valence-electron chi connectivity index (χ0n) is 13.0. The molecule has 7 heteroatoms. The van der Waals surface area contributed by atoms with E-state index in [1.54, 1.807) is 19.1 Å². The Bertz CT molecular complexity index is 642. The van der Waals surface area contributed by atoms with Crippen LogP contribution in [0.1, 0.15) is 39.7 Å². The lowest BCUT2D eigenvalue weighted by molar-refractivity contribution is -0.125. The summed E-state index contributed by atoms with van der Waals surface area (Å²) < 4.78 is 13.2. The van der Waals surface area contributed by atoms with E-state index in [1.165, 1.54) is 16.9 Å². The van der Waals surface area contributed by atoms with Gasteiger partial charge in [0.05, 0.1) is 0 Å². The molecule has 0 aliphatic rings. The summed E-state index contributed by atoms with van der Waals surface area (Å²) in [4.78, 5) is 13.4. The van der Waals surface area contributed by atoms with Crippen LogP contribution in [0.25, 0.3) is 11.4 Å². The van der Waals surface area contributed by atoms with Gasteiger partial charge in [0, 0.05) is 11.6 Å². The number of carbonyl (C=O) groups is 1. The zero-order chi connectivity index (χ0) is 16.1. The molecule has 0 aliphatic heterocycles. The maximum Gasteiger partial charge on any atom is 0.246 e. The second-order valence-corrected chi connectivity index (χ2v) is 5.32. The maximum absolute atomic E-state index is 13.2. The van der Waals surface area contributed by atoms with E-state index in [-0.39, 0.29) is 17.8 Å². The number of carbonyl (C=O) groups excluding carboxylic acids is 1. The molecule has 2 atom stereocenters. The maximum atomic E-state index is 13.2. The second-order valence-electron chi connectivity index (χ2n) is 5.32. The smallest absolute Gasteiger partial charge is 0.246 e. The van der Waals surface area contributed by atoms with Gasteiger partial charge >= 0.3 is 0 Å². The molecule has 2 rings (SSSR count). The number of halogens is 1. The Balaban J connectivity index is 2.09. The molecule has 22 heavy (non-hydrogen) atoms. The van der Waals surface area contributed by atoms with Crippen molar-refractivity contribution in [3.8, 4) is 11.4 Å². The molecule has 0 spiro atoms. The van der Waals surface area contributed by atoms with Gasteiger partial charge in [-0.1, -0.05) is 25.5 Å². The molecule has 118 valence electrons. The Morgan fingerprint density at radius 1 is 1.41 bits per heavy atom. The molecule has 1 heterocycles. The first-order valence-corrected chi connectivity index (χ1v) is 7.37. The molecular formula is C15H20FN5O. The van der Waals surface area contributed by atoms with Gasteiger partial charge in [-0.2, -0.15) is 4.80 Å². The minimum absolute atomic E-state index is 0.103. The summed E-state index contributed by atoms with van der Waals surface area (Å²) in [6.45, 7) is 5.72. The molecule has 1 N–H and O–H groups in total. The van der Waals surface area contributed by atoms with Gasteiger partial charge < -0.3 is 5.32 Å². The summed E-state index contributed by atoms with van der Waals surface area (Å²) in [5.41, 5.74) is 0.526. The van der Waals surface area contributed by atoms with Crippen LogP contribution in [0.2, 0.25) is 0 Å². The lowest BCUT2D eigenvalue weighted by Crippen LogP contribution is -2.37. The van der Waals surface area contributed by atoms with E-state index in [0.717, 1.165) is 12.8 Å². The number of tetrazole rings is 1. The van der Waals surface area contributed by atoms with E-state index in [2.05, 4.69) is 27.7 Å². The third kappa shape index (κ3) is 3.87. The summed E-state index contributed by atoms with van der Waals surface area (Å²) in [5.74, 6) is -0.238. The normalized spacial score (nSPS) is 13.6. The third-order valence-corrected chi connectivity index (χ3v) is 3.35. The van der Waals surface area contributed by atoms with Gasteiger partial charge in [0.1, 0.15) is 11.9 Å². The standard InChI is InChI=1S/C15H20FN5O/c1-4-6-10(2)17-15(22)11(3)21-19-14(18-20-21)12-7-5-8-13(16)9-12/h5,7-11H,4,6H2,1-3H3,(H,17,22)/t10-,11+/m0/s1. The molecule has 1 aromatic heterocycles. The van der Waals surface area contributed by atoms with Crippen molar-refractivity contribution in [3.63, 3.8) is 0 Å². The number of benzene rings is 1. The number of aromatic nitrogens is 4. The van der Waals surface area contributed by atoms with Gasteiger partial charge in [0.25, 0.3) is 0 Å². The van der Waals surface area contributed by atoms with Crippen LogP contribution in [0.15, 0.2) is 24.3 Å². The van der Waals surface area contributed by atoms with Crippen LogP contribution in [0.4, 0.5) is 4.39 Å². The fourth-order valence-electron chi connectivity index (χ4n) is 2.11. The van der Waals surface area contributed by atoms with E-state index in [9.17, 15) is 9.18 Å². The minimum atomic E-state index is -0.575. The number of nitrogens with zero attached hydrogens (tertiary/aromatic N) is 4. The molecule has 0 bridgehead atoms. The summed E-state index contributed by atoms with van der Waals surface area (Å²) in [6.07, 6.45) is 1.92. The van der Waals surface area contributed by atoms with Crippen molar-refractivity contribution in [1.29, 1.82) is 0 Å². The van der Waals surface area contributed by atoms with E-state index < -0.39 is 6.04 Å². The van der Waals surface area contributed by atoms with Crippen LogP contribution >= 0.6 is 0 Å². The van der Waals surface area contributed by atoms with Crippen LogP contribution in [-0.2, 0) is 4.79 Å². The van der Waals surface area contributed by atoms with Gasteiger partial charge in [-0.25, -0.2) is 4.39 Å². The fourth-order valence-corrected chi connectivity index (χ4v) is 2.11. The zero-order valence-corrected chi connectivity index (χ0v) is 13.0. The fraction of sp³-hybridized carbons (Fsp3) is 0.467. The van der Waals surface area contributed by atoms with Gasteiger partial charge in [-0.3, -0.25) is 4.79 Å². The predicted octanol–water partition coefficient (Wildman–Crippen LogP) is 2.34. The topological polar surface area (TPSA) is 72.7 Å². The average molecular weight is 305 g/mol. The lowest BCUT2D eigenvalue weighted by Gasteiger charge is -2.15. The van der Waals surface area contributed by atoms with Crippen molar-refractivity contribution >= 4 is 5.91 Å². The number of hydrogen-bond acceptors (Lipinski definition) is 4. The highest BCUT2D eigenvalue weighted by Gasteiger charge is 2.20. The molecule has 0 saturated carbocycles. The first-order chi connectivity index (χ1) is 10.5. The first-order valence-electron chi connectivity index (χ1n) is 7.37. The summed E-state index contributed by atoms with van der Waals surface area (Å²) >= 11 is 0. The SMILES string of the molecule is CCC[C@H](C)NC(=O)[C@@H](C)n1nnc(-c2cccc(F)c2)n1. The number of rotatable bonds is 6. The van der Waals surface area contributed by atoms with Crippen molar-refractivity contribution in [2.24, 2.45) is 0 Å². The van der Waals surface area contributed by atoms with Crippen LogP contribution in [0, 0.1) is 5.82 Å². The van der Waals surface area contributed by atoms with Crippen molar-refractivity contribution < 1.29 is 9.18 Å². The van der Waals surface area contributed by atoms with Crippen molar-refractivity contribution in [2.45, 2.75) is 45.7 Å². The van der Waals surface area contributed by atoms with E-state index >= 15 is 0 Å². The Hall–Kier alpha value is -2.31. The highest BCUT2D eigenvalue weighted by molar-refractivity contribution is 5.79. The van der Waals surface area contributed by atoms with Crippen LogP contribution in [-0.4, -0.2) is 32.2 Å². The molecule has 0 unspecified atom stereocenters. The van der Waals surface area contributed by atoms with Gasteiger partial charge in [-0.15, -0.1) is 10.2 Å². The Morgan fingerprint density at radius 3 is 2.86 bits per heavy atom. The Labute approximate surface area is 128 Å². The summed E-state index contributed by atoms with van der Waals surface area (Å²) in [5, 5.41) is 14.8. The van der Waals surface area contributed by atoms with Crippen LogP contribution < -0.4 is 5.32 Å². The van der Waals surface area contributed by atoms with E-state index in [0.29, 0.717) is 11.4 Å². The molecule has 1 amide bonds. The van der Waals surface area contributed by atoms with E-state index in [4.69, 9.17) is 0 Å². The lowest BCUT2D eigenvalue weighted by atomic mass is 10.2. The Kier molecular flexibility index (Phi) is 5.19. The average Bonchev–Trinajstić information content (AvgIpc) is 2.96. The summed E-state index contributed by atoms with van der Waals surface area (Å²) in [7, 11) is 0. The van der Waals surface area contributed by atoms with Gasteiger partial charge in [0.2, 0.25) is 11.7 Å². The third-order valence-electron chi connectivity index (χ3n) is 3.35. The molecule has 0 fully saturated rings. The number of amides is 1. The molecule has 0 saturated heterocycles. The summed E-state index contributed by atoms with van der Waals surface area (Å²) in [6, 6.07) is 5.47. The molecule has 2 aromatic rings. The van der Waals surface area contributed by atoms with Gasteiger partial charge in [0.15, 0.2) is 0 Å². The molecular weight excluding hydrogens is 285 g/mol. The van der Waals surface area contributed by atoms with Crippen LogP contribution in [0.3, 0.4) is 0 Å². The molecule has 1 aromatic carbocycles. The van der Waals surface area contributed by atoms with Crippen molar-refractivity contribution in [1.82, 2.24) is 25.5 Å². The second kappa shape index (κ2) is 7.11. The largest absolute Gasteiger partial charge is 0.352 e. The highest BCUT2D eigenvalue weighted by Crippen LogP contribution is 2.15. The van der Waals surface area contributed by atoms with E-state index in [1.807, 2.05) is 6.92 Å². The minimum Gasteiger partial charge on any atom is -0.352 e. The molecule has 0 aliphatic carbocycles. The quantitative estimate of drug-likeness (QED) is 0.889. The van der Waals surface area contributed by atoms with Crippen LogP contribution in [0.5, 0.6) is 0 Å². The first kappa shape index (κ1) is 16.1. The van der Waals surface area contributed by atoms with Crippen molar-refractivity contribution in [3.05, 3.63) is 30.1 Å². The Morgan fingerprint density at radius 2 is 2.18 bits per heavy atom. The van der Waals surface area contributed by atoms with Gasteiger partial charge in [-0.05, 0) is 37.6 Å².